The van der Waals surface area contributed by atoms with Crippen LogP contribution in [0, 0.1) is 5.41 Å². The molecule has 1 aliphatic heterocycles. The van der Waals surface area contributed by atoms with E-state index in [1.807, 2.05) is 0 Å². The number of halogens is 1. The number of rotatable bonds is 1. The van der Waals surface area contributed by atoms with Gasteiger partial charge in [-0.25, -0.2) is 4.58 Å². The molecule has 0 aromatic carbocycles. The van der Waals surface area contributed by atoms with Crippen LogP contribution in [0.3, 0.4) is 0 Å². The van der Waals surface area contributed by atoms with E-state index in [0.717, 1.165) is 0 Å². The van der Waals surface area contributed by atoms with E-state index in [4.69, 9.17) is 0 Å². The summed E-state index contributed by atoms with van der Waals surface area (Å²) >= 11 is 0. The molecule has 2 nitrogen and oxygen atoms in total. The maximum absolute atomic E-state index is 3.68. The molecule has 1 N–H and O–H groups in total. The monoisotopic (exact) mass is 376 g/mol. The van der Waals surface area contributed by atoms with Crippen molar-refractivity contribution in [1.82, 2.24) is 5.32 Å². The van der Waals surface area contributed by atoms with Gasteiger partial charge in [-0.1, -0.05) is 13.8 Å². The Morgan fingerprint density at radius 3 is 2.21 bits per heavy atom. The van der Waals surface area contributed by atoms with E-state index >= 15 is 0 Å². The van der Waals surface area contributed by atoms with Gasteiger partial charge in [-0.05, 0) is 32.6 Å². The molecule has 2 aliphatic rings. The zero-order valence-electron chi connectivity index (χ0n) is 13.1. The summed E-state index contributed by atoms with van der Waals surface area (Å²) in [5, 5.41) is 3.68. The minimum absolute atomic E-state index is 0. The number of nitrogens with zero attached hydrogens (tertiary/aromatic N) is 1. The molecule has 19 heavy (non-hydrogen) atoms. The third kappa shape index (κ3) is 5.09. The number of hydrogen-bond acceptors (Lipinski definition) is 1. The minimum Gasteiger partial charge on any atom is -1.00 e. The zero-order chi connectivity index (χ0) is 13.4. The van der Waals surface area contributed by atoms with Gasteiger partial charge in [0.05, 0.1) is 0 Å². The molecule has 3 heteroatoms. The Hall–Kier alpha value is -0.0600. The van der Waals surface area contributed by atoms with Crippen LogP contribution in [-0.4, -0.2) is 28.9 Å². The second kappa shape index (κ2) is 6.15. The van der Waals surface area contributed by atoms with Crippen molar-refractivity contribution in [2.24, 2.45) is 5.41 Å². The van der Waals surface area contributed by atoms with Crippen molar-refractivity contribution in [3.8, 4) is 0 Å². The standard InChI is InChI=1S/C16H28N2.HI/c1-15(2,3)17-13-10-14(12-16(4,5)11-13)18-8-6-7-9-18;/h10H,6-9,11-12H2,1-5H3;1H. The van der Waals surface area contributed by atoms with Crippen LogP contribution in [0.25, 0.3) is 0 Å². The Kier molecular flexibility index (Phi) is 5.50. The lowest BCUT2D eigenvalue weighted by Gasteiger charge is -2.33. The Labute approximate surface area is 135 Å². The summed E-state index contributed by atoms with van der Waals surface area (Å²) in [6, 6.07) is 0. The van der Waals surface area contributed by atoms with E-state index in [1.165, 1.54) is 44.5 Å². The van der Waals surface area contributed by atoms with Crippen molar-refractivity contribution < 1.29 is 28.6 Å². The van der Waals surface area contributed by atoms with Gasteiger partial charge in [0, 0.05) is 36.6 Å². The fourth-order valence-electron chi connectivity index (χ4n) is 3.14. The molecular formula is C16H29IN2. The maximum Gasteiger partial charge on any atom is 0.178 e. The third-order valence-corrected chi connectivity index (χ3v) is 3.72. The van der Waals surface area contributed by atoms with Gasteiger partial charge in [-0.2, -0.15) is 0 Å². The first-order chi connectivity index (χ1) is 8.25. The first-order valence-electron chi connectivity index (χ1n) is 7.35. The first-order valence-corrected chi connectivity index (χ1v) is 7.35. The molecule has 2 rings (SSSR count). The average Bonchev–Trinajstić information content (AvgIpc) is 2.63. The van der Waals surface area contributed by atoms with Gasteiger partial charge >= 0.3 is 0 Å². The molecule has 0 saturated carbocycles. The van der Waals surface area contributed by atoms with Crippen molar-refractivity contribution in [3.05, 3.63) is 11.8 Å². The molecule has 0 aromatic heterocycles. The van der Waals surface area contributed by atoms with Gasteiger partial charge in [0.25, 0.3) is 0 Å². The summed E-state index contributed by atoms with van der Waals surface area (Å²) in [6.45, 7) is 14.0. The molecule has 1 saturated heterocycles. The highest BCUT2D eigenvalue weighted by Crippen LogP contribution is 2.34. The lowest BCUT2D eigenvalue weighted by Crippen LogP contribution is -3.00. The molecule has 1 heterocycles. The van der Waals surface area contributed by atoms with Gasteiger partial charge in [0.2, 0.25) is 0 Å². The van der Waals surface area contributed by atoms with Crippen LogP contribution in [0.1, 0.15) is 60.3 Å². The molecule has 0 atom stereocenters. The normalized spacial score (nSPS) is 22.9. The lowest BCUT2D eigenvalue weighted by molar-refractivity contribution is -0.507. The van der Waals surface area contributed by atoms with E-state index in [1.54, 1.807) is 5.71 Å². The van der Waals surface area contributed by atoms with Crippen LogP contribution in [0.2, 0.25) is 0 Å². The Morgan fingerprint density at radius 1 is 1.11 bits per heavy atom. The molecule has 110 valence electrons. The predicted octanol–water partition coefficient (Wildman–Crippen LogP) is 0.330. The molecule has 0 spiro atoms. The maximum atomic E-state index is 3.68. The van der Waals surface area contributed by atoms with Crippen LogP contribution < -0.4 is 29.3 Å². The van der Waals surface area contributed by atoms with Crippen LogP contribution in [0.4, 0.5) is 0 Å². The Bertz CT molecular complexity index is 378. The van der Waals surface area contributed by atoms with Crippen LogP contribution >= 0.6 is 0 Å². The molecule has 1 aliphatic carbocycles. The smallest absolute Gasteiger partial charge is 0.178 e. The third-order valence-electron chi connectivity index (χ3n) is 3.72. The van der Waals surface area contributed by atoms with E-state index in [2.05, 4.69) is 50.6 Å². The summed E-state index contributed by atoms with van der Waals surface area (Å²) in [6.07, 6.45) is 7.53. The second-order valence-corrected chi connectivity index (χ2v) is 7.75. The second-order valence-electron chi connectivity index (χ2n) is 7.75. The number of hydrogen-bond donors (Lipinski definition) is 1. The molecule has 0 bridgehead atoms. The van der Waals surface area contributed by atoms with E-state index < -0.39 is 0 Å². The number of allylic oxidation sites excluding steroid dienone is 2. The highest BCUT2D eigenvalue weighted by molar-refractivity contribution is 5.92. The van der Waals surface area contributed by atoms with Crippen molar-refractivity contribution in [3.63, 3.8) is 0 Å². The summed E-state index contributed by atoms with van der Waals surface area (Å²) in [7, 11) is 0. The average molecular weight is 376 g/mol. The van der Waals surface area contributed by atoms with Gasteiger partial charge in [-0.15, -0.1) is 0 Å². The molecule has 0 unspecified atom stereocenters. The fraction of sp³-hybridized carbons (Fsp3) is 0.812. The van der Waals surface area contributed by atoms with Crippen molar-refractivity contribution >= 4 is 5.71 Å². The van der Waals surface area contributed by atoms with Crippen molar-refractivity contribution in [2.75, 3.05) is 13.1 Å². The van der Waals surface area contributed by atoms with E-state index in [0.29, 0.717) is 5.41 Å². The van der Waals surface area contributed by atoms with Crippen molar-refractivity contribution in [2.45, 2.75) is 65.8 Å². The summed E-state index contributed by atoms with van der Waals surface area (Å²) in [4.78, 5) is 0. The van der Waals surface area contributed by atoms with Crippen LogP contribution in [0.15, 0.2) is 11.8 Å². The molecular weight excluding hydrogens is 347 g/mol. The van der Waals surface area contributed by atoms with E-state index in [9.17, 15) is 0 Å². The topological polar surface area (TPSA) is 15.0 Å². The van der Waals surface area contributed by atoms with Gasteiger partial charge in [-0.3, -0.25) is 0 Å². The van der Waals surface area contributed by atoms with Gasteiger partial charge in [0.15, 0.2) is 5.71 Å². The Morgan fingerprint density at radius 2 is 1.68 bits per heavy atom. The van der Waals surface area contributed by atoms with Crippen LogP contribution in [0.5, 0.6) is 0 Å². The first kappa shape index (κ1) is 17.0. The molecule has 1 fully saturated rings. The molecule has 0 amide bonds. The predicted molar refractivity (Wildman–Crippen MR) is 78.2 cm³/mol. The highest BCUT2D eigenvalue weighted by Gasteiger charge is 2.32. The van der Waals surface area contributed by atoms with Crippen LogP contribution in [-0.2, 0) is 0 Å². The minimum atomic E-state index is 0. The Balaban J connectivity index is 0.00000180. The SMILES string of the molecule is CC1(C)CC(NC(C)(C)C)=CC(=[N+]2CCCC2)C1.[I-]. The quantitative estimate of drug-likeness (QED) is 0.515. The lowest BCUT2D eigenvalue weighted by atomic mass is 9.78. The van der Waals surface area contributed by atoms with Gasteiger partial charge in [0.1, 0.15) is 13.1 Å². The largest absolute Gasteiger partial charge is 1.00 e. The van der Waals surface area contributed by atoms with Gasteiger partial charge < -0.3 is 29.3 Å². The van der Waals surface area contributed by atoms with E-state index in [-0.39, 0.29) is 29.5 Å². The zero-order valence-corrected chi connectivity index (χ0v) is 15.3. The number of nitrogens with one attached hydrogen (secondary N) is 1. The molecule has 0 radical (unpaired) electrons. The highest BCUT2D eigenvalue weighted by atomic mass is 127. The summed E-state index contributed by atoms with van der Waals surface area (Å²) in [5.74, 6) is 0. The summed E-state index contributed by atoms with van der Waals surface area (Å²) in [5.41, 5.74) is 3.52. The summed E-state index contributed by atoms with van der Waals surface area (Å²) < 4.78 is 2.59. The van der Waals surface area contributed by atoms with Crippen molar-refractivity contribution in [1.29, 1.82) is 0 Å². The fourth-order valence-corrected chi connectivity index (χ4v) is 3.14. The molecule has 0 aromatic rings.